The summed E-state index contributed by atoms with van der Waals surface area (Å²) < 4.78 is 5.06. The molecule has 5 aromatic rings. The van der Waals surface area contributed by atoms with Crippen LogP contribution in [0.15, 0.2) is 121 Å². The highest BCUT2D eigenvalue weighted by Gasteiger charge is 2.49. The number of aryl methyl sites for hydroxylation is 2. The second kappa shape index (κ2) is 9.83. The van der Waals surface area contributed by atoms with E-state index in [-0.39, 0.29) is 0 Å². The molecule has 1 radical (unpaired) electrons. The average Bonchev–Trinajstić information content (AvgIpc) is 2.96. The molecule has 2 atom stereocenters. The van der Waals surface area contributed by atoms with Gasteiger partial charge in [-0.15, -0.1) is 0 Å². The van der Waals surface area contributed by atoms with Crippen molar-refractivity contribution in [2.45, 2.75) is 45.4 Å². The molecule has 0 fully saturated rings. The van der Waals surface area contributed by atoms with Crippen molar-refractivity contribution in [3.8, 4) is 33.6 Å². The van der Waals surface area contributed by atoms with Crippen molar-refractivity contribution in [3.05, 3.63) is 138 Å². The van der Waals surface area contributed by atoms with Crippen molar-refractivity contribution in [1.29, 1.82) is 0 Å². The summed E-state index contributed by atoms with van der Waals surface area (Å²) in [7, 11) is -0.695. The van der Waals surface area contributed by atoms with E-state index in [2.05, 4.69) is 152 Å². The number of benzene rings is 3. The molecular weight excluding hydrogens is 501 g/mol. The Morgan fingerprint density at radius 3 is 2.20 bits per heavy atom. The summed E-state index contributed by atoms with van der Waals surface area (Å²) in [6.45, 7) is 10.2. The molecule has 1 aliphatic heterocycles. The summed E-state index contributed by atoms with van der Waals surface area (Å²) in [5.41, 5.74) is 13.6. The van der Waals surface area contributed by atoms with E-state index >= 15 is 0 Å². The molecule has 0 spiro atoms. The third-order valence-corrected chi connectivity index (χ3v) is 10.3. The summed E-state index contributed by atoms with van der Waals surface area (Å²) in [5.74, 6) is 0.418. The molecule has 1 aliphatic carbocycles. The van der Waals surface area contributed by atoms with Gasteiger partial charge in [0.25, 0.3) is 0 Å². The number of nitrogens with zero attached hydrogens (tertiary/aromatic N) is 2. The largest absolute Gasteiger partial charge is 0.216 e. The average molecular weight is 536 g/mol. The summed E-state index contributed by atoms with van der Waals surface area (Å²) in [6, 6.07) is 36.1. The molecule has 0 N–H and O–H groups in total. The molecule has 2 aliphatic rings. The Labute approximate surface area is 239 Å². The Bertz CT molecular complexity index is 1780. The monoisotopic (exact) mass is 535 g/mol. The maximum atomic E-state index is 2.54. The van der Waals surface area contributed by atoms with Crippen LogP contribution in [0.4, 0.5) is 0 Å². The van der Waals surface area contributed by atoms with Gasteiger partial charge in [0.05, 0.1) is 25.9 Å². The van der Waals surface area contributed by atoms with Crippen LogP contribution in [0, 0.1) is 13.8 Å². The lowest BCUT2D eigenvalue weighted by Gasteiger charge is -2.36. The van der Waals surface area contributed by atoms with Crippen molar-refractivity contribution in [2.75, 3.05) is 0 Å². The molecule has 0 saturated carbocycles. The lowest BCUT2D eigenvalue weighted by Crippen LogP contribution is -2.54. The van der Waals surface area contributed by atoms with Crippen molar-refractivity contribution in [1.82, 2.24) is 0 Å². The minimum Gasteiger partial charge on any atom is -0.193 e. The third-order valence-electron chi connectivity index (χ3n) is 8.78. The van der Waals surface area contributed by atoms with Crippen LogP contribution < -0.4 is 14.3 Å². The van der Waals surface area contributed by atoms with Gasteiger partial charge >= 0.3 is 0 Å². The Balaban J connectivity index is 1.40. The molecule has 2 unspecified atom stereocenters. The lowest BCUT2D eigenvalue weighted by atomic mass is 9.71. The van der Waals surface area contributed by atoms with Gasteiger partial charge in [-0.2, -0.15) is 9.13 Å². The van der Waals surface area contributed by atoms with Crippen LogP contribution >= 0.6 is 0 Å². The van der Waals surface area contributed by atoms with Gasteiger partial charge in [0.2, 0.25) is 11.4 Å². The first-order valence-electron chi connectivity index (χ1n) is 14.3. The number of hydrogen-bond donors (Lipinski definition) is 0. The van der Waals surface area contributed by atoms with E-state index in [4.69, 9.17) is 0 Å². The highest BCUT2D eigenvalue weighted by atomic mass is 28.3. The van der Waals surface area contributed by atoms with Crippen molar-refractivity contribution < 1.29 is 9.13 Å². The Kier molecular flexibility index (Phi) is 6.13. The van der Waals surface area contributed by atoms with Crippen molar-refractivity contribution in [3.63, 3.8) is 0 Å². The maximum absolute atomic E-state index is 2.54. The fraction of sp³-hybridized carbons (Fsp3) is 0.189. The number of rotatable bonds is 5. The fourth-order valence-electron chi connectivity index (χ4n) is 6.79. The number of aromatic nitrogens is 2. The van der Waals surface area contributed by atoms with E-state index in [9.17, 15) is 0 Å². The van der Waals surface area contributed by atoms with Gasteiger partial charge in [-0.1, -0.05) is 85.9 Å². The van der Waals surface area contributed by atoms with E-state index in [0.717, 1.165) is 6.54 Å². The molecule has 3 aromatic carbocycles. The van der Waals surface area contributed by atoms with Gasteiger partial charge in [0.15, 0.2) is 25.0 Å². The second-order valence-electron chi connectivity index (χ2n) is 11.5. The zero-order valence-corrected chi connectivity index (χ0v) is 24.7. The number of pyridine rings is 2. The highest BCUT2D eigenvalue weighted by Crippen LogP contribution is 2.49. The molecule has 0 bridgehead atoms. The van der Waals surface area contributed by atoms with Crippen LogP contribution in [-0.4, -0.2) is 8.80 Å². The van der Waals surface area contributed by atoms with Crippen LogP contribution in [0.1, 0.15) is 28.7 Å². The second-order valence-corrected chi connectivity index (χ2v) is 14.1. The number of fused-ring (bicyclic) bond motifs is 6. The first-order chi connectivity index (χ1) is 19.5. The Morgan fingerprint density at radius 2 is 1.43 bits per heavy atom. The van der Waals surface area contributed by atoms with E-state index < -0.39 is 8.80 Å². The molecule has 3 heterocycles. The van der Waals surface area contributed by atoms with Gasteiger partial charge in [-0.25, -0.2) is 0 Å². The zero-order valence-electron chi connectivity index (χ0n) is 23.7. The van der Waals surface area contributed by atoms with Crippen molar-refractivity contribution >= 4 is 14.0 Å². The topological polar surface area (TPSA) is 7.76 Å². The predicted octanol–water partition coefficient (Wildman–Crippen LogP) is 7.12. The summed E-state index contributed by atoms with van der Waals surface area (Å²) in [4.78, 5) is 0. The molecule has 0 amide bonds. The Morgan fingerprint density at radius 1 is 0.725 bits per heavy atom. The smallest absolute Gasteiger partial charge is 0.193 e. The standard InChI is InChI=1S/C37H35N2Si/c1-25-13-8-9-17-29(25)34-22-35(40(3)4)33(27-15-6-5-7-16-27)24-38(34)23-28-21-32-30-18-10-11-19-31(30)36-26(2)14-12-20-39(36)37(28)32/h5-22,24,32,37H,23H2,1-4H3/q+2. The molecular formula is C37H35N2Si+2. The summed E-state index contributed by atoms with van der Waals surface area (Å²) >= 11 is 0. The van der Waals surface area contributed by atoms with E-state index in [1.165, 1.54) is 61.1 Å². The highest BCUT2D eigenvalue weighted by molar-refractivity contribution is 6.72. The molecule has 7 rings (SSSR count). The van der Waals surface area contributed by atoms with Gasteiger partial charge in [0.1, 0.15) is 0 Å². The van der Waals surface area contributed by atoms with Crippen LogP contribution in [-0.2, 0) is 6.54 Å². The number of hydrogen-bond acceptors (Lipinski definition) is 0. The third kappa shape index (κ3) is 3.99. The van der Waals surface area contributed by atoms with Crippen LogP contribution in [0.25, 0.3) is 33.6 Å². The molecule has 40 heavy (non-hydrogen) atoms. The quantitative estimate of drug-likeness (QED) is 0.129. The van der Waals surface area contributed by atoms with Crippen molar-refractivity contribution in [2.24, 2.45) is 0 Å². The van der Waals surface area contributed by atoms with E-state index in [1.54, 1.807) is 0 Å². The predicted molar refractivity (Wildman–Crippen MR) is 166 cm³/mol. The first kappa shape index (κ1) is 24.9. The van der Waals surface area contributed by atoms with E-state index in [1.807, 2.05) is 0 Å². The molecule has 2 nitrogen and oxygen atoms in total. The molecule has 0 saturated heterocycles. The summed E-state index contributed by atoms with van der Waals surface area (Å²) in [6.07, 6.45) is 7.26. The fourth-order valence-corrected chi connectivity index (χ4v) is 7.96. The normalized spacial score (nSPS) is 17.0. The van der Waals surface area contributed by atoms with Gasteiger partial charge < -0.3 is 0 Å². The minimum absolute atomic E-state index is 0.346. The first-order valence-corrected chi connectivity index (χ1v) is 16.8. The maximum Gasteiger partial charge on any atom is 0.216 e. The van der Waals surface area contributed by atoms with Crippen LogP contribution in [0.5, 0.6) is 0 Å². The number of allylic oxidation sites excluding steroid dienone is 2. The molecule has 195 valence electrons. The molecule has 3 heteroatoms. The van der Waals surface area contributed by atoms with Gasteiger partial charge in [0, 0.05) is 28.8 Å². The summed E-state index contributed by atoms with van der Waals surface area (Å²) in [5, 5.41) is 1.49. The Hall–Kier alpha value is -4.08. The SMILES string of the molecule is Cc1ccccc1-c1cc([Si](C)C)c(-c2ccccc2)c[n+]1CC1=CC2c3ccccc3-c3c(C)ccc[n+]3C12. The molecule has 2 aromatic heterocycles. The minimum atomic E-state index is -0.695. The van der Waals surface area contributed by atoms with Gasteiger partial charge in [-0.3, -0.25) is 0 Å². The zero-order chi connectivity index (χ0) is 27.4. The van der Waals surface area contributed by atoms with Crippen LogP contribution in [0.3, 0.4) is 0 Å². The lowest BCUT2D eigenvalue weighted by molar-refractivity contribution is -0.726. The van der Waals surface area contributed by atoms with Gasteiger partial charge in [-0.05, 0) is 53.9 Å². The van der Waals surface area contributed by atoms with Crippen LogP contribution in [0.2, 0.25) is 13.1 Å². The van der Waals surface area contributed by atoms with E-state index in [0.29, 0.717) is 12.0 Å².